The Balaban J connectivity index is 1.80. The first-order chi connectivity index (χ1) is 10.1. The van der Waals surface area contributed by atoms with Crippen molar-refractivity contribution in [1.82, 2.24) is 0 Å². The summed E-state index contributed by atoms with van der Waals surface area (Å²) in [5.74, 6) is 0.729. The van der Waals surface area contributed by atoms with Crippen molar-refractivity contribution >= 4 is 17.3 Å². The number of ether oxygens (including phenoxy) is 2. The molecule has 0 atom stereocenters. The Morgan fingerprint density at radius 2 is 1.95 bits per heavy atom. The number of carbonyl (C=O) groups is 1. The minimum atomic E-state index is -0.544. The van der Waals surface area contributed by atoms with E-state index in [1.807, 2.05) is 0 Å². The van der Waals surface area contributed by atoms with Crippen LogP contribution in [-0.4, -0.2) is 17.6 Å². The lowest BCUT2D eigenvalue weighted by Crippen LogP contribution is -2.12. The van der Waals surface area contributed by atoms with E-state index in [0.29, 0.717) is 17.2 Å². The molecule has 106 valence electrons. The summed E-state index contributed by atoms with van der Waals surface area (Å²) in [4.78, 5) is 22.2. The second kappa shape index (κ2) is 5.12. The molecule has 0 radical (unpaired) electrons. The van der Waals surface area contributed by atoms with Gasteiger partial charge in [0.25, 0.3) is 11.6 Å². The predicted octanol–water partition coefficient (Wildman–Crippen LogP) is 2.58. The molecule has 3 rings (SSSR count). The fourth-order valence-electron chi connectivity index (χ4n) is 1.94. The highest BCUT2D eigenvalue weighted by atomic mass is 16.7. The van der Waals surface area contributed by atoms with Crippen molar-refractivity contribution in [2.75, 3.05) is 12.1 Å². The third kappa shape index (κ3) is 2.62. The number of non-ortho nitro benzene ring substituents is 1. The largest absolute Gasteiger partial charge is 0.454 e. The fourth-order valence-corrected chi connectivity index (χ4v) is 1.94. The number of nitro benzene ring substituents is 1. The number of nitrogens with one attached hydrogen (secondary N) is 1. The molecule has 0 spiro atoms. The monoisotopic (exact) mass is 286 g/mol. The van der Waals surface area contributed by atoms with Crippen LogP contribution in [0.4, 0.5) is 11.4 Å². The highest BCUT2D eigenvalue weighted by Crippen LogP contribution is 2.34. The van der Waals surface area contributed by atoms with Gasteiger partial charge in [0.05, 0.1) is 4.92 Å². The number of nitro groups is 1. The lowest BCUT2D eigenvalue weighted by Gasteiger charge is -2.06. The van der Waals surface area contributed by atoms with Crippen LogP contribution in [0.25, 0.3) is 0 Å². The molecule has 21 heavy (non-hydrogen) atoms. The number of rotatable bonds is 3. The number of nitrogens with zero attached hydrogens (tertiary/aromatic N) is 1. The van der Waals surface area contributed by atoms with Crippen LogP contribution in [0.15, 0.2) is 42.5 Å². The zero-order valence-electron chi connectivity index (χ0n) is 10.7. The number of benzene rings is 2. The molecule has 1 heterocycles. The van der Waals surface area contributed by atoms with E-state index in [-0.39, 0.29) is 18.0 Å². The first kappa shape index (κ1) is 12.9. The van der Waals surface area contributed by atoms with Gasteiger partial charge < -0.3 is 14.8 Å². The normalized spacial score (nSPS) is 12.0. The average Bonchev–Trinajstić information content (AvgIpc) is 2.95. The van der Waals surface area contributed by atoms with Crippen LogP contribution >= 0.6 is 0 Å². The van der Waals surface area contributed by atoms with Crippen LogP contribution in [0, 0.1) is 10.1 Å². The smallest absolute Gasteiger partial charge is 0.270 e. The molecule has 7 nitrogen and oxygen atoms in total. The molecule has 2 aromatic carbocycles. The van der Waals surface area contributed by atoms with Crippen molar-refractivity contribution in [3.8, 4) is 11.5 Å². The first-order valence-electron chi connectivity index (χ1n) is 6.09. The molecule has 0 fully saturated rings. The molecule has 0 aromatic heterocycles. The van der Waals surface area contributed by atoms with Gasteiger partial charge in [0.15, 0.2) is 11.5 Å². The third-order valence-corrected chi connectivity index (χ3v) is 2.95. The van der Waals surface area contributed by atoms with Gasteiger partial charge in [-0.3, -0.25) is 14.9 Å². The van der Waals surface area contributed by atoms with Crippen LogP contribution in [0.2, 0.25) is 0 Å². The van der Waals surface area contributed by atoms with E-state index < -0.39 is 10.8 Å². The summed E-state index contributed by atoms with van der Waals surface area (Å²) in [6.45, 7) is 0.150. The van der Waals surface area contributed by atoms with Crippen molar-refractivity contribution < 1.29 is 19.2 Å². The van der Waals surface area contributed by atoms with E-state index >= 15 is 0 Å². The van der Waals surface area contributed by atoms with Crippen molar-refractivity contribution in [3.05, 3.63) is 58.1 Å². The number of hydrogen-bond donors (Lipinski definition) is 1. The Hall–Kier alpha value is -3.09. The lowest BCUT2D eigenvalue weighted by atomic mass is 10.2. The second-order valence-corrected chi connectivity index (χ2v) is 4.33. The van der Waals surface area contributed by atoms with Crippen LogP contribution < -0.4 is 14.8 Å². The minimum Gasteiger partial charge on any atom is -0.454 e. The fraction of sp³-hybridized carbons (Fsp3) is 0.0714. The number of fused-ring (bicyclic) bond motifs is 1. The molecular weight excluding hydrogens is 276 g/mol. The van der Waals surface area contributed by atoms with Gasteiger partial charge in [0.1, 0.15) is 0 Å². The predicted molar refractivity (Wildman–Crippen MR) is 73.6 cm³/mol. The van der Waals surface area contributed by atoms with Gasteiger partial charge in [-0.15, -0.1) is 0 Å². The molecule has 0 unspecified atom stereocenters. The van der Waals surface area contributed by atoms with E-state index in [4.69, 9.17) is 9.47 Å². The molecule has 1 aliphatic rings. The van der Waals surface area contributed by atoms with E-state index in [9.17, 15) is 14.9 Å². The van der Waals surface area contributed by atoms with Gasteiger partial charge in [-0.05, 0) is 18.2 Å². The Morgan fingerprint density at radius 3 is 2.76 bits per heavy atom. The van der Waals surface area contributed by atoms with Crippen LogP contribution in [0.3, 0.4) is 0 Å². The van der Waals surface area contributed by atoms with Crippen molar-refractivity contribution in [2.24, 2.45) is 0 Å². The Kier molecular flexibility index (Phi) is 3.15. The molecule has 0 bridgehead atoms. The quantitative estimate of drug-likeness (QED) is 0.691. The van der Waals surface area contributed by atoms with Gasteiger partial charge in [-0.25, -0.2) is 0 Å². The molecule has 1 amide bonds. The van der Waals surface area contributed by atoms with E-state index in [2.05, 4.69) is 5.32 Å². The Morgan fingerprint density at radius 1 is 1.14 bits per heavy atom. The summed E-state index contributed by atoms with van der Waals surface area (Å²) >= 11 is 0. The maximum absolute atomic E-state index is 12.1. The number of amides is 1. The van der Waals surface area contributed by atoms with Crippen LogP contribution in [-0.2, 0) is 0 Å². The molecule has 0 aliphatic carbocycles. The summed E-state index contributed by atoms with van der Waals surface area (Å²) in [6.07, 6.45) is 0. The highest BCUT2D eigenvalue weighted by Gasteiger charge is 2.15. The van der Waals surface area contributed by atoms with Gasteiger partial charge in [-0.1, -0.05) is 6.07 Å². The van der Waals surface area contributed by atoms with Crippen molar-refractivity contribution in [2.45, 2.75) is 0 Å². The van der Waals surface area contributed by atoms with Crippen molar-refractivity contribution in [3.63, 3.8) is 0 Å². The van der Waals surface area contributed by atoms with E-state index in [0.717, 1.165) is 0 Å². The van der Waals surface area contributed by atoms with E-state index in [1.54, 1.807) is 18.2 Å². The topological polar surface area (TPSA) is 90.7 Å². The SMILES string of the molecule is O=C(Nc1ccc2c(c1)OCO2)c1cccc([N+](=O)[O-])c1. The maximum Gasteiger partial charge on any atom is 0.270 e. The highest BCUT2D eigenvalue weighted by molar-refractivity contribution is 6.04. The zero-order chi connectivity index (χ0) is 14.8. The van der Waals surface area contributed by atoms with Gasteiger partial charge in [0, 0.05) is 29.4 Å². The molecule has 1 aliphatic heterocycles. The molecule has 1 N–H and O–H groups in total. The Bertz CT molecular complexity index is 729. The average molecular weight is 286 g/mol. The zero-order valence-corrected chi connectivity index (χ0v) is 10.7. The summed E-state index contributed by atoms with van der Waals surface area (Å²) in [7, 11) is 0. The molecule has 0 saturated heterocycles. The van der Waals surface area contributed by atoms with E-state index in [1.165, 1.54) is 24.3 Å². The summed E-state index contributed by atoms with van der Waals surface area (Å²) < 4.78 is 10.4. The standard InChI is InChI=1S/C14H10N2O5/c17-14(9-2-1-3-11(6-9)16(18)19)15-10-4-5-12-13(7-10)21-8-20-12/h1-7H,8H2,(H,15,17). The summed E-state index contributed by atoms with van der Waals surface area (Å²) in [6, 6.07) is 10.5. The summed E-state index contributed by atoms with van der Waals surface area (Å²) in [5.41, 5.74) is 0.603. The number of carbonyl (C=O) groups excluding carboxylic acids is 1. The second-order valence-electron chi connectivity index (χ2n) is 4.33. The maximum atomic E-state index is 12.1. The molecule has 0 saturated carbocycles. The first-order valence-corrected chi connectivity index (χ1v) is 6.09. The molecule has 2 aromatic rings. The lowest BCUT2D eigenvalue weighted by molar-refractivity contribution is -0.384. The van der Waals surface area contributed by atoms with Gasteiger partial charge in [-0.2, -0.15) is 0 Å². The number of hydrogen-bond acceptors (Lipinski definition) is 5. The van der Waals surface area contributed by atoms with Crippen LogP contribution in [0.1, 0.15) is 10.4 Å². The Labute approximate surface area is 119 Å². The minimum absolute atomic E-state index is 0.131. The van der Waals surface area contributed by atoms with Gasteiger partial charge >= 0.3 is 0 Å². The summed E-state index contributed by atoms with van der Waals surface area (Å²) in [5, 5.41) is 13.4. The van der Waals surface area contributed by atoms with Crippen molar-refractivity contribution in [1.29, 1.82) is 0 Å². The van der Waals surface area contributed by atoms with Gasteiger partial charge in [0.2, 0.25) is 6.79 Å². The van der Waals surface area contributed by atoms with Crippen LogP contribution in [0.5, 0.6) is 11.5 Å². The number of anilines is 1. The molecule has 7 heteroatoms. The third-order valence-electron chi connectivity index (χ3n) is 2.95. The molecular formula is C14H10N2O5.